The second kappa shape index (κ2) is 8.93. The lowest BCUT2D eigenvalue weighted by Crippen LogP contribution is -2.43. The van der Waals surface area contributed by atoms with E-state index in [1.54, 1.807) is 18.6 Å². The van der Waals surface area contributed by atoms with E-state index >= 15 is 0 Å². The monoisotopic (exact) mass is 418 g/mol. The number of hydrogen-bond donors (Lipinski definition) is 1. The number of hydrogen-bond acceptors (Lipinski definition) is 6. The number of nitrogens with zero attached hydrogens (tertiary/aromatic N) is 5. The van der Waals surface area contributed by atoms with Gasteiger partial charge in [-0.3, -0.25) is 14.9 Å². The average molecular weight is 419 g/mol. The number of amides is 1. The molecule has 1 N–H and O–H groups in total. The van der Waals surface area contributed by atoms with Crippen LogP contribution in [0.25, 0.3) is 11.1 Å². The first-order valence-corrected chi connectivity index (χ1v) is 11.0. The third-order valence-electron chi connectivity index (χ3n) is 6.12. The molecule has 2 aliphatic rings. The molecule has 1 aliphatic carbocycles. The molecule has 1 atom stereocenters. The van der Waals surface area contributed by atoms with E-state index in [0.29, 0.717) is 25.4 Å². The molecule has 1 fully saturated rings. The number of rotatable bonds is 3. The van der Waals surface area contributed by atoms with Crippen LogP contribution in [0.4, 0.5) is 0 Å². The Hall–Kier alpha value is -3.13. The maximum absolute atomic E-state index is 13.3. The van der Waals surface area contributed by atoms with Gasteiger partial charge in [-0.2, -0.15) is 5.10 Å². The Kier molecular flexibility index (Phi) is 5.71. The minimum atomic E-state index is -0.250. The molecule has 8 heteroatoms. The Labute approximate surface area is 181 Å². The van der Waals surface area contributed by atoms with Gasteiger partial charge in [0, 0.05) is 47.5 Å². The number of aryl methyl sites for hydroxylation is 1. The van der Waals surface area contributed by atoms with Gasteiger partial charge >= 0.3 is 0 Å². The quantitative estimate of drug-likeness (QED) is 0.702. The lowest BCUT2D eigenvalue weighted by Gasteiger charge is -2.32. The molecule has 0 radical (unpaired) electrons. The Morgan fingerprint density at radius 2 is 1.87 bits per heavy atom. The SMILES string of the molecule is O=C(c1n[nH]c2c1CCCCCC2)N1CCO[C@H](c2ccc(-c3cncnc3)cn2)C1. The molecule has 3 aromatic heterocycles. The second-order valence-electron chi connectivity index (χ2n) is 8.15. The van der Waals surface area contributed by atoms with Crippen molar-refractivity contribution in [3.8, 4) is 11.1 Å². The summed E-state index contributed by atoms with van der Waals surface area (Å²) < 4.78 is 5.95. The highest BCUT2D eigenvalue weighted by atomic mass is 16.5. The van der Waals surface area contributed by atoms with Crippen LogP contribution in [-0.2, 0) is 17.6 Å². The fourth-order valence-electron chi connectivity index (χ4n) is 4.39. The highest BCUT2D eigenvalue weighted by molar-refractivity contribution is 5.94. The molecule has 1 saturated heterocycles. The maximum atomic E-state index is 13.3. The van der Waals surface area contributed by atoms with E-state index in [-0.39, 0.29) is 12.0 Å². The molecule has 1 amide bonds. The number of aromatic amines is 1. The molecule has 8 nitrogen and oxygen atoms in total. The summed E-state index contributed by atoms with van der Waals surface area (Å²) in [5, 5.41) is 7.54. The van der Waals surface area contributed by atoms with Crippen LogP contribution in [0, 0.1) is 0 Å². The molecule has 31 heavy (non-hydrogen) atoms. The normalized spacial score (nSPS) is 19.4. The van der Waals surface area contributed by atoms with Crippen molar-refractivity contribution in [3.63, 3.8) is 0 Å². The molecule has 3 aromatic rings. The number of fused-ring (bicyclic) bond motifs is 1. The van der Waals surface area contributed by atoms with Gasteiger partial charge in [0.25, 0.3) is 5.91 Å². The fourth-order valence-corrected chi connectivity index (χ4v) is 4.39. The number of nitrogens with one attached hydrogen (secondary N) is 1. The van der Waals surface area contributed by atoms with Crippen LogP contribution in [0.1, 0.15) is 59.2 Å². The number of pyridine rings is 1. The summed E-state index contributed by atoms with van der Waals surface area (Å²) in [4.78, 5) is 27.8. The fraction of sp³-hybridized carbons (Fsp3) is 0.435. The largest absolute Gasteiger partial charge is 0.368 e. The van der Waals surface area contributed by atoms with Gasteiger partial charge in [0.1, 0.15) is 12.4 Å². The summed E-state index contributed by atoms with van der Waals surface area (Å²) in [6.45, 7) is 1.52. The maximum Gasteiger partial charge on any atom is 0.274 e. The predicted octanol–water partition coefficient (Wildman–Crippen LogP) is 3.13. The van der Waals surface area contributed by atoms with Gasteiger partial charge in [-0.25, -0.2) is 9.97 Å². The first-order chi connectivity index (χ1) is 15.3. The zero-order chi connectivity index (χ0) is 21.0. The second-order valence-corrected chi connectivity index (χ2v) is 8.15. The Bertz CT molecular complexity index is 1030. The average Bonchev–Trinajstić information content (AvgIpc) is 3.20. The summed E-state index contributed by atoms with van der Waals surface area (Å²) in [6, 6.07) is 3.94. The van der Waals surface area contributed by atoms with Crippen molar-refractivity contribution in [2.45, 2.75) is 44.6 Å². The van der Waals surface area contributed by atoms with Gasteiger partial charge in [-0.1, -0.05) is 18.9 Å². The number of aromatic nitrogens is 5. The Morgan fingerprint density at radius 1 is 1.03 bits per heavy atom. The first kappa shape index (κ1) is 19.8. The van der Waals surface area contributed by atoms with Gasteiger partial charge < -0.3 is 9.64 Å². The Morgan fingerprint density at radius 3 is 2.68 bits per heavy atom. The standard InChI is InChI=1S/C23H26N6O2/c30-23(22-18-5-3-1-2-4-6-19(18)27-28-22)29-9-10-31-21(14-29)20-8-7-16(13-26-20)17-11-24-15-25-12-17/h7-8,11-13,15,21H,1-6,9-10,14H2,(H,27,28)/t21-/m0/s1. The van der Waals surface area contributed by atoms with Crippen molar-refractivity contribution in [1.82, 2.24) is 30.0 Å². The van der Waals surface area contributed by atoms with E-state index in [4.69, 9.17) is 4.74 Å². The summed E-state index contributed by atoms with van der Waals surface area (Å²) in [5.74, 6) is -0.00979. The van der Waals surface area contributed by atoms with Crippen LogP contribution in [0.2, 0.25) is 0 Å². The van der Waals surface area contributed by atoms with E-state index in [1.807, 2.05) is 17.0 Å². The third-order valence-corrected chi connectivity index (χ3v) is 6.12. The molecule has 0 bridgehead atoms. The number of H-pyrrole nitrogens is 1. The highest BCUT2D eigenvalue weighted by Crippen LogP contribution is 2.26. The van der Waals surface area contributed by atoms with Gasteiger partial charge in [-0.05, 0) is 31.7 Å². The van der Waals surface area contributed by atoms with Crippen molar-refractivity contribution in [3.05, 3.63) is 59.7 Å². The Balaban J connectivity index is 1.31. The summed E-state index contributed by atoms with van der Waals surface area (Å²) in [6.07, 6.45) is 13.2. The van der Waals surface area contributed by atoms with Crippen molar-refractivity contribution < 1.29 is 9.53 Å². The third kappa shape index (κ3) is 4.20. The molecule has 0 saturated carbocycles. The topological polar surface area (TPSA) is 96.9 Å². The smallest absolute Gasteiger partial charge is 0.274 e. The van der Waals surface area contributed by atoms with Crippen LogP contribution in [-0.4, -0.2) is 55.7 Å². The zero-order valence-electron chi connectivity index (χ0n) is 17.5. The van der Waals surface area contributed by atoms with Crippen LogP contribution in [0.3, 0.4) is 0 Å². The van der Waals surface area contributed by atoms with Crippen molar-refractivity contribution in [2.24, 2.45) is 0 Å². The number of carbonyl (C=O) groups excluding carboxylic acids is 1. The minimum Gasteiger partial charge on any atom is -0.368 e. The van der Waals surface area contributed by atoms with E-state index in [9.17, 15) is 4.79 Å². The molecule has 160 valence electrons. The molecular weight excluding hydrogens is 392 g/mol. The van der Waals surface area contributed by atoms with Crippen LogP contribution in [0.5, 0.6) is 0 Å². The minimum absolute atomic E-state index is 0.00979. The van der Waals surface area contributed by atoms with E-state index in [0.717, 1.165) is 53.8 Å². The van der Waals surface area contributed by atoms with Gasteiger partial charge in [0.2, 0.25) is 0 Å². The van der Waals surface area contributed by atoms with E-state index in [1.165, 1.54) is 19.2 Å². The predicted molar refractivity (Wildman–Crippen MR) is 114 cm³/mol. The van der Waals surface area contributed by atoms with Crippen molar-refractivity contribution >= 4 is 5.91 Å². The molecule has 0 aromatic carbocycles. The van der Waals surface area contributed by atoms with E-state index < -0.39 is 0 Å². The zero-order valence-corrected chi connectivity index (χ0v) is 17.5. The number of ether oxygens (including phenoxy) is 1. The highest BCUT2D eigenvalue weighted by Gasteiger charge is 2.30. The molecule has 0 spiro atoms. The summed E-state index contributed by atoms with van der Waals surface area (Å²) >= 11 is 0. The van der Waals surface area contributed by atoms with Gasteiger partial charge in [0.15, 0.2) is 5.69 Å². The molecule has 0 unspecified atom stereocenters. The van der Waals surface area contributed by atoms with Crippen LogP contribution in [0.15, 0.2) is 37.1 Å². The lowest BCUT2D eigenvalue weighted by atomic mass is 9.96. The van der Waals surface area contributed by atoms with Crippen LogP contribution >= 0.6 is 0 Å². The first-order valence-electron chi connectivity index (χ1n) is 11.0. The van der Waals surface area contributed by atoms with Crippen molar-refractivity contribution in [1.29, 1.82) is 0 Å². The van der Waals surface area contributed by atoms with Crippen molar-refractivity contribution in [2.75, 3.05) is 19.7 Å². The molecule has 4 heterocycles. The molecular formula is C23H26N6O2. The van der Waals surface area contributed by atoms with Gasteiger partial charge in [-0.15, -0.1) is 0 Å². The lowest BCUT2D eigenvalue weighted by molar-refractivity contribution is -0.0249. The number of carbonyl (C=O) groups is 1. The summed E-state index contributed by atoms with van der Waals surface area (Å²) in [5.41, 5.74) is 5.51. The molecule has 5 rings (SSSR count). The molecule has 1 aliphatic heterocycles. The van der Waals surface area contributed by atoms with E-state index in [2.05, 4.69) is 25.1 Å². The van der Waals surface area contributed by atoms with Gasteiger partial charge in [0.05, 0.1) is 18.8 Å². The van der Waals surface area contributed by atoms with Crippen LogP contribution < -0.4 is 0 Å². The summed E-state index contributed by atoms with van der Waals surface area (Å²) in [7, 11) is 0. The number of morpholine rings is 1.